The van der Waals surface area contributed by atoms with Crippen LogP contribution in [0.15, 0.2) is 36.0 Å². The maximum atomic E-state index is 6.59. The van der Waals surface area contributed by atoms with Crippen molar-refractivity contribution in [1.82, 2.24) is 4.90 Å². The molecule has 0 spiro atoms. The molecule has 4 aliphatic rings. The summed E-state index contributed by atoms with van der Waals surface area (Å²) in [6.45, 7) is 19.2. The highest BCUT2D eigenvalue weighted by atomic mass is 16.5. The second-order valence-electron chi connectivity index (χ2n) is 21.1. The fourth-order valence-electron chi connectivity index (χ4n) is 12.5. The van der Waals surface area contributed by atoms with Gasteiger partial charge in [0.25, 0.3) is 0 Å². The smallest absolute Gasteiger partial charge is 0.0934 e. The van der Waals surface area contributed by atoms with Crippen LogP contribution in [0.25, 0.3) is 0 Å². The molecule has 3 fully saturated rings. The summed E-state index contributed by atoms with van der Waals surface area (Å²) in [6, 6.07) is 0. The number of fused-ring (bicyclic) bond motifs is 5. The normalized spacial score (nSPS) is 29.6. The minimum absolute atomic E-state index is 0.143. The van der Waals surface area contributed by atoms with Crippen LogP contribution in [-0.4, -0.2) is 64.2 Å². The molecule has 0 N–H and O–H groups in total. The first kappa shape index (κ1) is 49.7. The van der Waals surface area contributed by atoms with E-state index in [9.17, 15) is 0 Å². The topological polar surface area (TPSA) is 30.9 Å². The molecule has 3 saturated carbocycles. The Hall–Kier alpha value is -0.940. The summed E-state index contributed by atoms with van der Waals surface area (Å²) >= 11 is 0. The summed E-state index contributed by atoms with van der Waals surface area (Å²) < 4.78 is 19.1. The van der Waals surface area contributed by atoms with Crippen LogP contribution in [0.1, 0.15) is 202 Å². The zero-order chi connectivity index (χ0) is 41.6. The molecule has 0 aromatic carbocycles. The Morgan fingerprint density at radius 2 is 1.45 bits per heavy atom. The lowest BCUT2D eigenvalue weighted by Gasteiger charge is -2.58. The molecule has 0 aromatic rings. The van der Waals surface area contributed by atoms with Gasteiger partial charge in [-0.15, -0.1) is 0 Å². The van der Waals surface area contributed by atoms with E-state index in [1.54, 1.807) is 5.57 Å². The number of unbranched alkanes of at least 4 members (excludes halogenated alkanes) is 10. The van der Waals surface area contributed by atoms with Crippen LogP contribution in [0.5, 0.6) is 0 Å². The second kappa shape index (κ2) is 27.2. The lowest BCUT2D eigenvalue weighted by atomic mass is 9.47. The quantitative estimate of drug-likeness (QED) is 0.0516. The van der Waals surface area contributed by atoms with Gasteiger partial charge in [-0.1, -0.05) is 135 Å². The molecule has 0 radical (unpaired) electrons. The molecular formula is C54H97NO3. The summed E-state index contributed by atoms with van der Waals surface area (Å²) in [5, 5.41) is 0. The van der Waals surface area contributed by atoms with Crippen LogP contribution in [-0.2, 0) is 14.2 Å². The fourth-order valence-corrected chi connectivity index (χ4v) is 12.5. The van der Waals surface area contributed by atoms with Crippen molar-refractivity contribution in [2.24, 2.45) is 46.3 Å². The minimum atomic E-state index is 0.143. The molecule has 336 valence electrons. The summed E-state index contributed by atoms with van der Waals surface area (Å²) in [5.41, 5.74) is 2.74. The minimum Gasteiger partial charge on any atom is -0.379 e. The Balaban J connectivity index is 1.04. The third-order valence-electron chi connectivity index (χ3n) is 15.9. The van der Waals surface area contributed by atoms with Crippen LogP contribution in [0.3, 0.4) is 0 Å². The van der Waals surface area contributed by atoms with E-state index in [4.69, 9.17) is 14.2 Å². The zero-order valence-electron chi connectivity index (χ0n) is 39.9. The Morgan fingerprint density at radius 1 is 0.741 bits per heavy atom. The van der Waals surface area contributed by atoms with Gasteiger partial charge in [0.05, 0.1) is 18.8 Å². The molecule has 0 unspecified atom stereocenters. The van der Waals surface area contributed by atoms with Crippen molar-refractivity contribution in [2.45, 2.75) is 214 Å². The molecule has 4 rings (SSSR count). The van der Waals surface area contributed by atoms with Crippen molar-refractivity contribution in [3.8, 4) is 0 Å². The predicted octanol–water partition coefficient (Wildman–Crippen LogP) is 15.0. The molecule has 4 heteroatoms. The average Bonchev–Trinajstić information content (AvgIpc) is 3.55. The van der Waals surface area contributed by atoms with E-state index in [2.05, 4.69) is 90.9 Å². The standard InChI is InChI=1S/C54H97NO3/c1-9-10-11-12-13-14-15-16-17-18-19-20-21-22-23-24-38-56-43-48(42-55(7)8)58-40-26-25-39-57-47-34-36-53(5)46(41-47)30-31-49-51-33-32-50(45(4)29-27-28-44(2)3)54(51,6)37-35-52(49)53/h13-14,16-17,30,44-45,47-52H,9-12,15,18-29,31-43H2,1-8H3/b14-13-,17-16-/t45-,47+,48+,49+,50-,51+,52+,53+,54-/m1/s1. The molecule has 9 atom stereocenters. The van der Waals surface area contributed by atoms with Gasteiger partial charge in [0, 0.05) is 26.4 Å². The fraction of sp³-hybridized carbons (Fsp3) is 0.889. The maximum absolute atomic E-state index is 6.59. The highest BCUT2D eigenvalue weighted by molar-refractivity contribution is 5.25. The Labute approximate surface area is 361 Å². The largest absolute Gasteiger partial charge is 0.379 e. The summed E-state index contributed by atoms with van der Waals surface area (Å²) in [7, 11) is 4.27. The molecule has 0 aromatic heterocycles. The van der Waals surface area contributed by atoms with Crippen LogP contribution in [0, 0.1) is 46.3 Å². The highest BCUT2D eigenvalue weighted by Gasteiger charge is 2.59. The molecule has 0 bridgehead atoms. The van der Waals surface area contributed by atoms with Gasteiger partial charge >= 0.3 is 0 Å². The van der Waals surface area contributed by atoms with Gasteiger partial charge in [-0.3, -0.25) is 0 Å². The third-order valence-corrected chi connectivity index (χ3v) is 15.9. The van der Waals surface area contributed by atoms with E-state index in [0.29, 0.717) is 23.5 Å². The Kier molecular flexibility index (Phi) is 23.3. The van der Waals surface area contributed by atoms with Gasteiger partial charge in [0.1, 0.15) is 0 Å². The van der Waals surface area contributed by atoms with Gasteiger partial charge in [0.2, 0.25) is 0 Å². The number of rotatable bonds is 31. The summed E-state index contributed by atoms with van der Waals surface area (Å²) in [4.78, 5) is 2.23. The van der Waals surface area contributed by atoms with Crippen molar-refractivity contribution in [1.29, 1.82) is 0 Å². The average molecular weight is 808 g/mol. The van der Waals surface area contributed by atoms with Crippen molar-refractivity contribution >= 4 is 0 Å². The SMILES string of the molecule is CCCCC/C=C\C/C=C\CCCCCCCCOC[C@H](CN(C)C)OCCCCO[C@H]1CC[C@@]2(C)C(=CC[C@H]3[C@@H]4CC[C@H]([C@H](C)CCCC(C)C)[C@@]4(C)CC[C@@H]32)C1. The van der Waals surface area contributed by atoms with Crippen LogP contribution >= 0.6 is 0 Å². The number of allylic oxidation sites excluding steroid dienone is 5. The zero-order valence-corrected chi connectivity index (χ0v) is 39.9. The molecule has 0 saturated heterocycles. The Morgan fingerprint density at radius 3 is 2.19 bits per heavy atom. The third kappa shape index (κ3) is 16.1. The first-order valence-electron chi connectivity index (χ1n) is 25.5. The molecular weight excluding hydrogens is 711 g/mol. The van der Waals surface area contributed by atoms with Crippen molar-refractivity contribution in [2.75, 3.05) is 47.1 Å². The summed E-state index contributed by atoms with van der Waals surface area (Å²) in [6.07, 6.45) is 45.4. The van der Waals surface area contributed by atoms with E-state index in [-0.39, 0.29) is 6.10 Å². The first-order chi connectivity index (χ1) is 28.1. The summed E-state index contributed by atoms with van der Waals surface area (Å²) in [5.74, 6) is 5.43. The highest BCUT2D eigenvalue weighted by Crippen LogP contribution is 2.67. The molecule has 58 heavy (non-hydrogen) atoms. The Bertz CT molecular complexity index is 1170. The van der Waals surface area contributed by atoms with Crippen LogP contribution in [0.4, 0.5) is 0 Å². The number of ether oxygens (including phenoxy) is 3. The predicted molar refractivity (Wildman–Crippen MR) is 250 cm³/mol. The van der Waals surface area contributed by atoms with Crippen LogP contribution in [0.2, 0.25) is 0 Å². The van der Waals surface area contributed by atoms with Gasteiger partial charge in [0.15, 0.2) is 0 Å². The first-order valence-corrected chi connectivity index (χ1v) is 25.5. The van der Waals surface area contributed by atoms with E-state index >= 15 is 0 Å². The second-order valence-corrected chi connectivity index (χ2v) is 21.1. The van der Waals surface area contributed by atoms with Gasteiger partial charge in [-0.05, 0) is 163 Å². The number of nitrogens with zero attached hydrogens (tertiary/aromatic N) is 1. The van der Waals surface area contributed by atoms with E-state index in [1.165, 1.54) is 135 Å². The lowest BCUT2D eigenvalue weighted by Crippen LogP contribution is -2.51. The molecule has 0 aliphatic heterocycles. The van der Waals surface area contributed by atoms with Crippen LogP contribution < -0.4 is 0 Å². The van der Waals surface area contributed by atoms with Crippen molar-refractivity contribution in [3.63, 3.8) is 0 Å². The molecule has 4 nitrogen and oxygen atoms in total. The van der Waals surface area contributed by atoms with Crippen molar-refractivity contribution < 1.29 is 14.2 Å². The molecule has 0 amide bonds. The van der Waals surface area contributed by atoms with E-state index in [0.717, 1.165) is 87.6 Å². The number of likely N-dealkylation sites (N-methyl/N-ethyl adjacent to an activating group) is 1. The van der Waals surface area contributed by atoms with E-state index < -0.39 is 0 Å². The number of hydrogen-bond donors (Lipinski definition) is 0. The van der Waals surface area contributed by atoms with Gasteiger partial charge < -0.3 is 19.1 Å². The van der Waals surface area contributed by atoms with Crippen molar-refractivity contribution in [3.05, 3.63) is 36.0 Å². The lowest BCUT2D eigenvalue weighted by molar-refractivity contribution is -0.0648. The number of hydrogen-bond acceptors (Lipinski definition) is 4. The molecule has 0 heterocycles. The maximum Gasteiger partial charge on any atom is 0.0934 e. The van der Waals surface area contributed by atoms with Gasteiger partial charge in [-0.2, -0.15) is 0 Å². The monoisotopic (exact) mass is 808 g/mol. The molecule has 4 aliphatic carbocycles. The van der Waals surface area contributed by atoms with E-state index in [1.807, 2.05) is 0 Å². The van der Waals surface area contributed by atoms with Gasteiger partial charge in [-0.25, -0.2) is 0 Å².